The molecule has 7 heteroatoms. The van der Waals surface area contributed by atoms with Crippen molar-refractivity contribution in [3.63, 3.8) is 0 Å². The smallest absolute Gasteiger partial charge is 0.360 e. The van der Waals surface area contributed by atoms with E-state index in [2.05, 4.69) is 9.97 Å². The number of anilines is 1. The fourth-order valence-electron chi connectivity index (χ4n) is 1.83. The molecule has 0 unspecified atom stereocenters. The fraction of sp³-hybridized carbons (Fsp3) is 0.385. The van der Waals surface area contributed by atoms with Crippen LogP contribution < -0.4 is 4.90 Å². The SMILES string of the molecule is CN(CCCn1ccnc1)c1cc(C(F)(F)F)ccn1. The largest absolute Gasteiger partial charge is 0.416 e. The lowest BCUT2D eigenvalue weighted by molar-refractivity contribution is -0.137. The van der Waals surface area contributed by atoms with Crippen LogP contribution in [0.25, 0.3) is 0 Å². The van der Waals surface area contributed by atoms with Crippen molar-refractivity contribution in [1.82, 2.24) is 14.5 Å². The van der Waals surface area contributed by atoms with Crippen LogP contribution in [-0.2, 0) is 12.7 Å². The molecule has 2 heterocycles. The first-order chi connectivity index (χ1) is 9.47. The molecule has 0 aliphatic rings. The zero-order chi connectivity index (χ0) is 14.6. The van der Waals surface area contributed by atoms with Gasteiger partial charge in [-0.15, -0.1) is 0 Å². The molecule has 0 fully saturated rings. The maximum atomic E-state index is 12.6. The van der Waals surface area contributed by atoms with E-state index in [9.17, 15) is 13.2 Å². The van der Waals surface area contributed by atoms with Crippen molar-refractivity contribution in [3.05, 3.63) is 42.6 Å². The summed E-state index contributed by atoms with van der Waals surface area (Å²) in [6.07, 6.45) is 2.90. The van der Waals surface area contributed by atoms with Gasteiger partial charge in [0.2, 0.25) is 0 Å². The zero-order valence-electron chi connectivity index (χ0n) is 11.0. The molecule has 2 aromatic heterocycles. The maximum Gasteiger partial charge on any atom is 0.416 e. The highest BCUT2D eigenvalue weighted by molar-refractivity contribution is 5.40. The third-order valence-corrected chi connectivity index (χ3v) is 2.93. The van der Waals surface area contributed by atoms with Crippen LogP contribution in [0, 0.1) is 0 Å². The number of hydrogen-bond donors (Lipinski definition) is 0. The summed E-state index contributed by atoms with van der Waals surface area (Å²) in [6.45, 7) is 1.38. The molecule has 0 amide bonds. The van der Waals surface area contributed by atoms with E-state index in [1.165, 1.54) is 6.20 Å². The predicted octanol–water partition coefficient (Wildman–Crippen LogP) is 2.82. The number of imidazole rings is 1. The first-order valence-electron chi connectivity index (χ1n) is 6.17. The summed E-state index contributed by atoms with van der Waals surface area (Å²) in [5, 5.41) is 0. The maximum absolute atomic E-state index is 12.6. The second-order valence-corrected chi connectivity index (χ2v) is 4.48. The highest BCUT2D eigenvalue weighted by Crippen LogP contribution is 2.30. The Morgan fingerprint density at radius 3 is 2.75 bits per heavy atom. The van der Waals surface area contributed by atoms with Crippen LogP contribution in [0.5, 0.6) is 0 Å². The normalized spacial score (nSPS) is 11.6. The summed E-state index contributed by atoms with van der Waals surface area (Å²) in [5.41, 5.74) is -0.677. The van der Waals surface area contributed by atoms with E-state index < -0.39 is 11.7 Å². The van der Waals surface area contributed by atoms with E-state index >= 15 is 0 Å². The van der Waals surface area contributed by atoms with Crippen molar-refractivity contribution in [3.8, 4) is 0 Å². The number of hydrogen-bond acceptors (Lipinski definition) is 3. The molecule has 0 aliphatic carbocycles. The lowest BCUT2D eigenvalue weighted by Gasteiger charge is -2.19. The Labute approximate surface area is 114 Å². The number of rotatable bonds is 5. The molecule has 0 saturated heterocycles. The Morgan fingerprint density at radius 1 is 1.30 bits per heavy atom. The van der Waals surface area contributed by atoms with Gasteiger partial charge in [0, 0.05) is 38.7 Å². The van der Waals surface area contributed by atoms with Crippen LogP contribution in [0.1, 0.15) is 12.0 Å². The molecular formula is C13H15F3N4. The van der Waals surface area contributed by atoms with Gasteiger partial charge in [-0.25, -0.2) is 9.97 Å². The average molecular weight is 284 g/mol. The standard InChI is InChI=1S/C13H15F3N4/c1-19(6-2-7-20-8-5-17-10-20)12-9-11(3-4-18-12)13(14,15)16/h3-5,8-10H,2,6-7H2,1H3. The minimum Gasteiger partial charge on any atom is -0.360 e. The Morgan fingerprint density at radius 2 is 2.10 bits per heavy atom. The van der Waals surface area contributed by atoms with Gasteiger partial charge in [0.15, 0.2) is 0 Å². The summed E-state index contributed by atoms with van der Waals surface area (Å²) >= 11 is 0. The molecule has 20 heavy (non-hydrogen) atoms. The van der Waals surface area contributed by atoms with Crippen molar-refractivity contribution in [2.75, 3.05) is 18.5 Å². The van der Waals surface area contributed by atoms with Crippen molar-refractivity contribution in [2.45, 2.75) is 19.1 Å². The lowest BCUT2D eigenvalue weighted by atomic mass is 10.2. The molecule has 108 valence electrons. The summed E-state index contributed by atoms with van der Waals surface area (Å²) in [6, 6.07) is 2.04. The van der Waals surface area contributed by atoms with Gasteiger partial charge >= 0.3 is 6.18 Å². The van der Waals surface area contributed by atoms with Gasteiger partial charge in [0.1, 0.15) is 5.82 Å². The van der Waals surface area contributed by atoms with E-state index in [0.29, 0.717) is 12.4 Å². The molecule has 2 aromatic rings. The van der Waals surface area contributed by atoms with Gasteiger partial charge in [-0.1, -0.05) is 0 Å². The molecule has 2 rings (SSSR count). The number of halogens is 3. The molecule has 0 radical (unpaired) electrons. The molecule has 0 saturated carbocycles. The summed E-state index contributed by atoms with van der Waals surface area (Å²) in [7, 11) is 1.73. The summed E-state index contributed by atoms with van der Waals surface area (Å²) in [4.78, 5) is 9.62. The first-order valence-corrected chi connectivity index (χ1v) is 6.17. The molecule has 0 aromatic carbocycles. The number of pyridine rings is 1. The van der Waals surface area contributed by atoms with Crippen LogP contribution in [0.3, 0.4) is 0 Å². The van der Waals surface area contributed by atoms with Crippen molar-refractivity contribution >= 4 is 5.82 Å². The van der Waals surface area contributed by atoms with Gasteiger partial charge in [-0.3, -0.25) is 0 Å². The molecule has 0 atom stereocenters. The lowest BCUT2D eigenvalue weighted by Crippen LogP contribution is -2.21. The molecule has 0 spiro atoms. The van der Waals surface area contributed by atoms with Gasteiger partial charge in [-0.05, 0) is 18.6 Å². The first kappa shape index (κ1) is 14.4. The third kappa shape index (κ3) is 3.72. The van der Waals surface area contributed by atoms with E-state index in [-0.39, 0.29) is 0 Å². The third-order valence-electron chi connectivity index (χ3n) is 2.93. The fourth-order valence-corrected chi connectivity index (χ4v) is 1.83. The predicted molar refractivity (Wildman–Crippen MR) is 69.4 cm³/mol. The average Bonchev–Trinajstić information content (AvgIpc) is 2.91. The van der Waals surface area contributed by atoms with Gasteiger partial charge in [0.05, 0.1) is 11.9 Å². The summed E-state index contributed by atoms with van der Waals surface area (Å²) < 4.78 is 39.8. The Hall–Kier alpha value is -2.05. The van der Waals surface area contributed by atoms with Gasteiger partial charge in [-0.2, -0.15) is 13.2 Å². The van der Waals surface area contributed by atoms with Crippen LogP contribution in [0.4, 0.5) is 19.0 Å². The van der Waals surface area contributed by atoms with Crippen LogP contribution >= 0.6 is 0 Å². The van der Waals surface area contributed by atoms with Gasteiger partial charge < -0.3 is 9.47 Å². The minimum absolute atomic E-state index is 0.324. The molecule has 0 N–H and O–H groups in total. The molecular weight excluding hydrogens is 269 g/mol. The monoisotopic (exact) mass is 284 g/mol. The second kappa shape index (κ2) is 5.94. The van der Waals surface area contributed by atoms with Crippen molar-refractivity contribution < 1.29 is 13.2 Å². The topological polar surface area (TPSA) is 34.0 Å². The quantitative estimate of drug-likeness (QED) is 0.846. The Bertz CT molecular complexity index is 537. The van der Waals surface area contributed by atoms with Crippen LogP contribution in [0.15, 0.2) is 37.1 Å². The molecule has 0 aliphatic heterocycles. The number of nitrogens with zero attached hydrogens (tertiary/aromatic N) is 4. The minimum atomic E-state index is -4.34. The van der Waals surface area contributed by atoms with Crippen molar-refractivity contribution in [2.24, 2.45) is 0 Å². The van der Waals surface area contributed by atoms with E-state index in [4.69, 9.17) is 0 Å². The van der Waals surface area contributed by atoms with E-state index in [1.807, 2.05) is 10.8 Å². The van der Waals surface area contributed by atoms with Crippen molar-refractivity contribution in [1.29, 1.82) is 0 Å². The Kier molecular flexibility index (Phi) is 4.26. The van der Waals surface area contributed by atoms with E-state index in [1.54, 1.807) is 24.5 Å². The molecule has 0 bridgehead atoms. The molecule has 4 nitrogen and oxygen atoms in total. The summed E-state index contributed by atoms with van der Waals surface area (Å²) in [5.74, 6) is 0.324. The highest BCUT2D eigenvalue weighted by atomic mass is 19.4. The number of aryl methyl sites for hydroxylation is 1. The van der Waals surface area contributed by atoms with E-state index in [0.717, 1.165) is 25.1 Å². The zero-order valence-corrected chi connectivity index (χ0v) is 11.0. The Balaban J connectivity index is 1.93. The highest BCUT2D eigenvalue weighted by Gasteiger charge is 2.30. The van der Waals surface area contributed by atoms with Crippen LogP contribution in [-0.4, -0.2) is 28.1 Å². The second-order valence-electron chi connectivity index (χ2n) is 4.48. The van der Waals surface area contributed by atoms with Crippen LogP contribution in [0.2, 0.25) is 0 Å². The van der Waals surface area contributed by atoms with Gasteiger partial charge in [0.25, 0.3) is 0 Å². The number of aromatic nitrogens is 3. The number of alkyl halides is 3.